The second-order valence-corrected chi connectivity index (χ2v) is 6.38. The van der Waals surface area contributed by atoms with Crippen LogP contribution in [0.3, 0.4) is 0 Å². The highest BCUT2D eigenvalue weighted by molar-refractivity contribution is 6.27. The molecule has 1 saturated carbocycles. The molecule has 1 saturated heterocycles. The van der Waals surface area contributed by atoms with E-state index in [2.05, 4.69) is 12.2 Å². The lowest BCUT2D eigenvalue weighted by molar-refractivity contribution is 0.172. The van der Waals surface area contributed by atoms with Gasteiger partial charge in [0.1, 0.15) is 0 Å². The fourth-order valence-electron chi connectivity index (χ4n) is 3.57. The lowest BCUT2D eigenvalue weighted by Gasteiger charge is -2.36. The molecule has 3 rings (SSSR count). The summed E-state index contributed by atoms with van der Waals surface area (Å²) in [5.74, 6) is 1.95. The van der Waals surface area contributed by atoms with E-state index in [1.807, 2.05) is 0 Å². The van der Waals surface area contributed by atoms with Crippen LogP contribution in [0.5, 0.6) is 0 Å². The van der Waals surface area contributed by atoms with Gasteiger partial charge in [-0.05, 0) is 49.0 Å². The number of fused-ring (bicyclic) bond motifs is 2. The van der Waals surface area contributed by atoms with Crippen molar-refractivity contribution in [3.8, 4) is 0 Å². The number of hydrogen-bond acceptors (Lipinski definition) is 1. The van der Waals surface area contributed by atoms with Gasteiger partial charge in [-0.2, -0.15) is 0 Å². The van der Waals surface area contributed by atoms with E-state index in [0.29, 0.717) is 5.41 Å². The van der Waals surface area contributed by atoms with Crippen molar-refractivity contribution in [1.29, 1.82) is 0 Å². The molecular formula is C11H18OSi. The van der Waals surface area contributed by atoms with Crippen LogP contribution in [-0.2, 0) is 4.43 Å². The van der Waals surface area contributed by atoms with Gasteiger partial charge in [-0.1, -0.05) is 12.2 Å². The summed E-state index contributed by atoms with van der Waals surface area (Å²) in [6.07, 6.45) is 10.8. The quantitative estimate of drug-likeness (QED) is 0.457. The molecule has 3 aliphatic rings. The fourth-order valence-corrected chi connectivity index (χ4v) is 5.25. The Kier molecular flexibility index (Phi) is 1.87. The number of rotatable bonds is 1. The van der Waals surface area contributed by atoms with Crippen LogP contribution in [0.2, 0.25) is 6.04 Å². The highest BCUT2D eigenvalue weighted by Gasteiger charge is 2.46. The van der Waals surface area contributed by atoms with Gasteiger partial charge >= 0.3 is 0 Å². The Morgan fingerprint density at radius 2 is 2.38 bits per heavy atom. The molecule has 13 heavy (non-hydrogen) atoms. The van der Waals surface area contributed by atoms with Crippen molar-refractivity contribution in [2.75, 3.05) is 6.61 Å². The molecule has 3 atom stereocenters. The molecule has 1 nitrogen and oxygen atoms in total. The maximum absolute atomic E-state index is 5.58. The van der Waals surface area contributed by atoms with E-state index >= 15 is 0 Å². The van der Waals surface area contributed by atoms with Crippen molar-refractivity contribution in [2.45, 2.75) is 31.7 Å². The largest absolute Gasteiger partial charge is 0.424 e. The van der Waals surface area contributed by atoms with E-state index in [-0.39, 0.29) is 9.76 Å². The Labute approximate surface area is 82.5 Å². The molecule has 1 aliphatic heterocycles. The van der Waals surface area contributed by atoms with Crippen molar-refractivity contribution in [1.82, 2.24) is 0 Å². The normalized spacial score (nSPS) is 50.5. The van der Waals surface area contributed by atoms with Crippen molar-refractivity contribution in [3.05, 3.63) is 12.2 Å². The maximum atomic E-state index is 5.58. The van der Waals surface area contributed by atoms with E-state index in [4.69, 9.17) is 4.43 Å². The molecule has 0 aromatic heterocycles. The molecule has 0 N–H and O–H groups in total. The van der Waals surface area contributed by atoms with Gasteiger partial charge in [0.25, 0.3) is 0 Å². The minimum atomic E-state index is -0.134. The third-order valence-corrected chi connectivity index (χ3v) is 5.87. The highest BCUT2D eigenvalue weighted by atomic mass is 28.2. The standard InChI is InChI=1S/C11H18OSi/c1-4-11(5-2-9(1)7-11)10-3-6-12-13-8-10/h1,4,9-10H,2-3,5-8,13H2. The molecule has 0 amide bonds. The molecule has 0 aromatic rings. The van der Waals surface area contributed by atoms with Crippen LogP contribution in [0, 0.1) is 17.3 Å². The van der Waals surface area contributed by atoms with Crippen molar-refractivity contribution >= 4 is 9.76 Å². The van der Waals surface area contributed by atoms with Gasteiger partial charge < -0.3 is 4.43 Å². The SMILES string of the molecule is C1=CC2(C3CCO[SiH2]C3)CCC1C2. The summed E-state index contributed by atoms with van der Waals surface area (Å²) in [5, 5.41) is 0. The molecule has 0 aromatic carbocycles. The monoisotopic (exact) mass is 194 g/mol. The van der Waals surface area contributed by atoms with Crippen molar-refractivity contribution in [3.63, 3.8) is 0 Å². The zero-order chi connectivity index (χ0) is 8.73. The van der Waals surface area contributed by atoms with Gasteiger partial charge in [-0.3, -0.25) is 0 Å². The summed E-state index contributed by atoms with van der Waals surface area (Å²) in [5.41, 5.74) is 0.654. The maximum Gasteiger partial charge on any atom is 0.161 e. The zero-order valence-corrected chi connectivity index (χ0v) is 9.58. The minimum Gasteiger partial charge on any atom is -0.424 e. The molecule has 0 spiro atoms. The Morgan fingerprint density at radius 3 is 2.92 bits per heavy atom. The third kappa shape index (κ3) is 1.23. The van der Waals surface area contributed by atoms with Crippen LogP contribution >= 0.6 is 0 Å². The highest BCUT2D eigenvalue weighted by Crippen LogP contribution is 2.55. The third-order valence-electron chi connectivity index (χ3n) is 4.36. The Hall–Kier alpha value is -0.0831. The van der Waals surface area contributed by atoms with E-state index in [9.17, 15) is 0 Å². The Morgan fingerprint density at radius 1 is 1.38 bits per heavy atom. The fraction of sp³-hybridized carbons (Fsp3) is 0.818. The van der Waals surface area contributed by atoms with Gasteiger partial charge in [0, 0.05) is 6.61 Å². The molecule has 3 unspecified atom stereocenters. The first kappa shape index (κ1) is 8.24. The van der Waals surface area contributed by atoms with Crippen LogP contribution in [0.4, 0.5) is 0 Å². The van der Waals surface area contributed by atoms with Crippen LogP contribution < -0.4 is 0 Å². The molecule has 2 bridgehead atoms. The lowest BCUT2D eigenvalue weighted by Crippen LogP contribution is -2.30. The zero-order valence-electron chi connectivity index (χ0n) is 8.17. The molecular weight excluding hydrogens is 176 g/mol. The Bertz CT molecular complexity index is 232. The first-order valence-electron chi connectivity index (χ1n) is 5.66. The average molecular weight is 194 g/mol. The van der Waals surface area contributed by atoms with Crippen LogP contribution in [0.1, 0.15) is 25.7 Å². The lowest BCUT2D eigenvalue weighted by atomic mass is 9.74. The topological polar surface area (TPSA) is 9.23 Å². The van der Waals surface area contributed by atoms with E-state index in [1.165, 1.54) is 31.7 Å². The first-order chi connectivity index (χ1) is 6.39. The van der Waals surface area contributed by atoms with Crippen LogP contribution in [0.25, 0.3) is 0 Å². The Balaban J connectivity index is 1.79. The van der Waals surface area contributed by atoms with Gasteiger partial charge in [0.05, 0.1) is 0 Å². The van der Waals surface area contributed by atoms with E-state index in [0.717, 1.165) is 18.4 Å². The van der Waals surface area contributed by atoms with Gasteiger partial charge in [0.15, 0.2) is 9.76 Å². The number of hydrogen-bond donors (Lipinski definition) is 0. The summed E-state index contributed by atoms with van der Waals surface area (Å²) in [4.78, 5) is 0. The van der Waals surface area contributed by atoms with Crippen LogP contribution in [0.15, 0.2) is 12.2 Å². The molecule has 72 valence electrons. The molecule has 2 heteroatoms. The van der Waals surface area contributed by atoms with Crippen molar-refractivity contribution in [2.24, 2.45) is 17.3 Å². The minimum absolute atomic E-state index is 0.134. The summed E-state index contributed by atoms with van der Waals surface area (Å²) >= 11 is 0. The summed E-state index contributed by atoms with van der Waals surface area (Å²) in [6.45, 7) is 1.07. The summed E-state index contributed by atoms with van der Waals surface area (Å²) in [6, 6.07) is 1.44. The number of allylic oxidation sites excluding steroid dienone is 2. The first-order valence-corrected chi connectivity index (χ1v) is 7.24. The van der Waals surface area contributed by atoms with E-state index in [1.54, 1.807) is 0 Å². The molecule has 1 heterocycles. The van der Waals surface area contributed by atoms with Gasteiger partial charge in [-0.15, -0.1) is 0 Å². The van der Waals surface area contributed by atoms with E-state index < -0.39 is 0 Å². The predicted molar refractivity (Wildman–Crippen MR) is 56.3 cm³/mol. The second-order valence-electron chi connectivity index (χ2n) is 4.98. The second kappa shape index (κ2) is 2.96. The van der Waals surface area contributed by atoms with Gasteiger partial charge in [0.2, 0.25) is 0 Å². The molecule has 2 fully saturated rings. The van der Waals surface area contributed by atoms with Crippen LogP contribution in [-0.4, -0.2) is 16.4 Å². The van der Waals surface area contributed by atoms with Gasteiger partial charge in [-0.25, -0.2) is 0 Å². The molecule has 0 radical (unpaired) electrons. The predicted octanol–water partition coefficient (Wildman–Crippen LogP) is 1.88. The average Bonchev–Trinajstić information content (AvgIpc) is 2.80. The summed E-state index contributed by atoms with van der Waals surface area (Å²) < 4.78 is 5.58. The molecule has 2 aliphatic carbocycles. The summed E-state index contributed by atoms with van der Waals surface area (Å²) in [7, 11) is -0.134. The smallest absolute Gasteiger partial charge is 0.161 e. The van der Waals surface area contributed by atoms with Crippen molar-refractivity contribution < 1.29 is 4.43 Å².